The van der Waals surface area contributed by atoms with Crippen LogP contribution in [0.5, 0.6) is 0 Å². The van der Waals surface area contributed by atoms with Crippen LogP contribution in [0.25, 0.3) is 0 Å². The summed E-state index contributed by atoms with van der Waals surface area (Å²) in [6.45, 7) is 0. The molecule has 2 rings (SSSR count). The first-order valence-corrected chi connectivity index (χ1v) is 5.42. The molecule has 0 aliphatic rings. The van der Waals surface area contributed by atoms with E-state index in [1.54, 1.807) is 18.2 Å². The Hall–Kier alpha value is -1.72. The molecule has 5 nitrogen and oxygen atoms in total. The molecule has 1 heterocycles. The molecular weight excluding hydrogens is 261 g/mol. The van der Waals surface area contributed by atoms with E-state index in [-0.39, 0.29) is 11.5 Å². The van der Waals surface area contributed by atoms with Crippen molar-refractivity contribution in [2.24, 2.45) is 0 Å². The number of hydrogen-bond acceptors (Lipinski definition) is 5. The second kappa shape index (κ2) is 4.65. The highest BCUT2D eigenvalue weighted by atomic mass is 35.5. The summed E-state index contributed by atoms with van der Waals surface area (Å²) in [5, 5.41) is 3.79. The molecule has 1 aromatic heterocycles. The highest BCUT2D eigenvalue weighted by molar-refractivity contribution is 6.43. The molecule has 17 heavy (non-hydrogen) atoms. The Labute approximate surface area is 108 Å². The molecule has 0 unspecified atom stereocenters. The first kappa shape index (κ1) is 11.8. The third-order valence-corrected chi connectivity index (χ3v) is 2.94. The number of benzene rings is 1. The lowest BCUT2D eigenvalue weighted by atomic mass is 10.3. The van der Waals surface area contributed by atoms with Gasteiger partial charge in [0.2, 0.25) is 0 Å². The quantitative estimate of drug-likeness (QED) is 0.780. The maximum Gasteiger partial charge on any atom is 0.159 e. The van der Waals surface area contributed by atoms with Gasteiger partial charge in [0, 0.05) is 0 Å². The third-order valence-electron chi connectivity index (χ3n) is 2.12. The summed E-state index contributed by atoms with van der Waals surface area (Å²) < 4.78 is 0. The van der Waals surface area contributed by atoms with Crippen LogP contribution in [0.15, 0.2) is 24.5 Å². The molecule has 0 aliphatic heterocycles. The molecule has 1 aromatic carbocycles. The maximum atomic E-state index is 6.03. The van der Waals surface area contributed by atoms with Crippen LogP contribution < -0.4 is 16.8 Å². The SMILES string of the molecule is Nc1ncnc(Nc2cccc(Cl)c2Cl)c1N. The number of aromatic nitrogens is 2. The minimum Gasteiger partial charge on any atom is -0.393 e. The Balaban J connectivity index is 2.38. The number of halogens is 2. The molecule has 0 amide bonds. The fourth-order valence-electron chi connectivity index (χ4n) is 1.24. The molecule has 0 aliphatic carbocycles. The molecule has 0 fully saturated rings. The van der Waals surface area contributed by atoms with E-state index in [0.29, 0.717) is 21.6 Å². The van der Waals surface area contributed by atoms with E-state index in [9.17, 15) is 0 Å². The van der Waals surface area contributed by atoms with Crippen LogP contribution in [0.4, 0.5) is 23.0 Å². The molecule has 0 spiro atoms. The highest BCUT2D eigenvalue weighted by Gasteiger charge is 2.09. The zero-order valence-electron chi connectivity index (χ0n) is 8.61. The summed E-state index contributed by atoms with van der Waals surface area (Å²) in [7, 11) is 0. The van der Waals surface area contributed by atoms with Gasteiger partial charge in [-0.1, -0.05) is 29.3 Å². The van der Waals surface area contributed by atoms with Crippen molar-refractivity contribution < 1.29 is 0 Å². The average molecular weight is 270 g/mol. The van der Waals surface area contributed by atoms with Gasteiger partial charge in [0.05, 0.1) is 15.7 Å². The van der Waals surface area contributed by atoms with Gasteiger partial charge in [-0.15, -0.1) is 0 Å². The summed E-state index contributed by atoms with van der Waals surface area (Å²) >= 11 is 11.9. The first-order chi connectivity index (χ1) is 8.09. The number of rotatable bonds is 2. The van der Waals surface area contributed by atoms with Gasteiger partial charge in [-0.25, -0.2) is 9.97 Å². The number of nitrogens with zero attached hydrogens (tertiary/aromatic N) is 2. The molecule has 2 aromatic rings. The van der Waals surface area contributed by atoms with Crippen molar-refractivity contribution >= 4 is 46.2 Å². The number of nitrogens with one attached hydrogen (secondary N) is 1. The van der Waals surface area contributed by atoms with Gasteiger partial charge >= 0.3 is 0 Å². The van der Waals surface area contributed by atoms with Crippen molar-refractivity contribution in [3.05, 3.63) is 34.6 Å². The number of hydrogen-bond donors (Lipinski definition) is 3. The van der Waals surface area contributed by atoms with Gasteiger partial charge < -0.3 is 16.8 Å². The second-order valence-corrected chi connectivity index (χ2v) is 4.03. The highest BCUT2D eigenvalue weighted by Crippen LogP contribution is 2.33. The molecule has 0 bridgehead atoms. The first-order valence-electron chi connectivity index (χ1n) is 4.66. The predicted octanol–water partition coefficient (Wildman–Crippen LogP) is 2.69. The molecule has 0 radical (unpaired) electrons. The minimum absolute atomic E-state index is 0.209. The van der Waals surface area contributed by atoms with Crippen molar-refractivity contribution in [2.45, 2.75) is 0 Å². The van der Waals surface area contributed by atoms with Crippen LogP contribution in [-0.2, 0) is 0 Å². The Morgan fingerprint density at radius 1 is 1.12 bits per heavy atom. The fourth-order valence-corrected chi connectivity index (χ4v) is 1.58. The van der Waals surface area contributed by atoms with Crippen molar-refractivity contribution in [1.29, 1.82) is 0 Å². The lowest BCUT2D eigenvalue weighted by Crippen LogP contribution is -2.04. The van der Waals surface area contributed by atoms with Gasteiger partial charge in [-0.05, 0) is 12.1 Å². The van der Waals surface area contributed by atoms with Crippen molar-refractivity contribution in [1.82, 2.24) is 9.97 Å². The van der Waals surface area contributed by atoms with Gasteiger partial charge in [0.25, 0.3) is 0 Å². The lowest BCUT2D eigenvalue weighted by molar-refractivity contribution is 1.18. The maximum absolute atomic E-state index is 6.03. The van der Waals surface area contributed by atoms with E-state index in [2.05, 4.69) is 15.3 Å². The zero-order valence-corrected chi connectivity index (χ0v) is 10.1. The van der Waals surface area contributed by atoms with Gasteiger partial charge in [-0.3, -0.25) is 0 Å². The normalized spacial score (nSPS) is 10.2. The molecule has 0 saturated heterocycles. The van der Waals surface area contributed by atoms with Crippen LogP contribution in [0.3, 0.4) is 0 Å². The van der Waals surface area contributed by atoms with Crippen molar-refractivity contribution in [2.75, 3.05) is 16.8 Å². The largest absolute Gasteiger partial charge is 0.393 e. The molecule has 5 N–H and O–H groups in total. The summed E-state index contributed by atoms with van der Waals surface area (Å²) in [5.41, 5.74) is 12.2. The van der Waals surface area contributed by atoms with Crippen molar-refractivity contribution in [3.8, 4) is 0 Å². The minimum atomic E-state index is 0.209. The number of nitrogens with two attached hydrogens (primary N) is 2. The van der Waals surface area contributed by atoms with Crippen LogP contribution in [0.1, 0.15) is 0 Å². The Morgan fingerprint density at radius 3 is 2.65 bits per heavy atom. The molecule has 7 heteroatoms. The molecule has 88 valence electrons. The number of nitrogen functional groups attached to an aromatic ring is 2. The summed E-state index contributed by atoms with van der Waals surface area (Å²) in [6, 6.07) is 5.20. The van der Waals surface area contributed by atoms with Gasteiger partial charge in [0.1, 0.15) is 12.0 Å². The monoisotopic (exact) mass is 269 g/mol. The molecular formula is C10H9Cl2N5. The van der Waals surface area contributed by atoms with Gasteiger partial charge in [0.15, 0.2) is 11.6 Å². The van der Waals surface area contributed by atoms with Crippen LogP contribution >= 0.6 is 23.2 Å². The van der Waals surface area contributed by atoms with E-state index >= 15 is 0 Å². The topological polar surface area (TPSA) is 89.8 Å². The predicted molar refractivity (Wildman–Crippen MR) is 70.6 cm³/mol. The fraction of sp³-hybridized carbons (Fsp3) is 0. The summed E-state index contributed by atoms with van der Waals surface area (Å²) in [5.74, 6) is 0.599. The zero-order chi connectivity index (χ0) is 12.4. The van der Waals surface area contributed by atoms with E-state index in [0.717, 1.165) is 0 Å². The number of anilines is 4. The Bertz CT molecular complexity index is 509. The van der Waals surface area contributed by atoms with Crippen LogP contribution in [-0.4, -0.2) is 9.97 Å². The van der Waals surface area contributed by atoms with Gasteiger partial charge in [-0.2, -0.15) is 0 Å². The third kappa shape index (κ3) is 2.35. The standard InChI is InChI=1S/C10H9Cl2N5/c11-5-2-1-3-6(7(5)12)17-10-8(13)9(14)15-4-16-10/h1-4H,13H2,(H3,14,15,16,17). The van der Waals surface area contributed by atoms with E-state index in [4.69, 9.17) is 34.7 Å². The van der Waals surface area contributed by atoms with E-state index < -0.39 is 0 Å². The summed E-state index contributed by atoms with van der Waals surface area (Å²) in [6.07, 6.45) is 1.31. The smallest absolute Gasteiger partial charge is 0.159 e. The molecule has 0 saturated carbocycles. The lowest BCUT2D eigenvalue weighted by Gasteiger charge is -2.10. The van der Waals surface area contributed by atoms with Crippen LogP contribution in [0.2, 0.25) is 10.0 Å². The van der Waals surface area contributed by atoms with E-state index in [1.807, 2.05) is 0 Å². The summed E-state index contributed by atoms with van der Waals surface area (Å²) in [4.78, 5) is 7.74. The second-order valence-electron chi connectivity index (χ2n) is 3.25. The van der Waals surface area contributed by atoms with E-state index in [1.165, 1.54) is 6.33 Å². The van der Waals surface area contributed by atoms with Crippen LogP contribution in [0, 0.1) is 0 Å². The Kier molecular flexibility index (Phi) is 3.21. The Morgan fingerprint density at radius 2 is 1.88 bits per heavy atom. The average Bonchev–Trinajstić information content (AvgIpc) is 2.31. The molecule has 0 atom stereocenters. The van der Waals surface area contributed by atoms with Crippen molar-refractivity contribution in [3.63, 3.8) is 0 Å².